The van der Waals surface area contributed by atoms with Gasteiger partial charge in [-0.3, -0.25) is 4.98 Å². The van der Waals surface area contributed by atoms with Gasteiger partial charge in [-0.05, 0) is 24.5 Å². The highest BCUT2D eigenvalue weighted by molar-refractivity contribution is 7.87. The molecule has 0 N–H and O–H groups in total. The molecule has 2 unspecified atom stereocenters. The fraction of sp³-hybridized carbons (Fsp3) is 0.455. The van der Waals surface area contributed by atoms with E-state index >= 15 is 0 Å². The van der Waals surface area contributed by atoms with Crippen LogP contribution >= 0.6 is 0 Å². The molecule has 18 heavy (non-hydrogen) atoms. The first-order valence-corrected chi connectivity index (χ1v) is 6.76. The van der Waals surface area contributed by atoms with Crippen molar-refractivity contribution in [2.75, 3.05) is 5.75 Å². The van der Waals surface area contributed by atoms with Gasteiger partial charge in [-0.25, -0.2) is 0 Å². The predicted octanol–water partition coefficient (Wildman–Crippen LogP) is 3.22. The third-order valence-electron chi connectivity index (χ3n) is 2.75. The van der Waals surface area contributed by atoms with Crippen molar-refractivity contribution in [1.29, 1.82) is 5.26 Å². The number of rotatable bonds is 1. The van der Waals surface area contributed by atoms with Crippen LogP contribution in [-0.4, -0.2) is 10.7 Å². The van der Waals surface area contributed by atoms with Gasteiger partial charge in [0.25, 0.3) is 0 Å². The van der Waals surface area contributed by atoms with Crippen molar-refractivity contribution in [2.45, 2.75) is 24.3 Å². The number of nitriles is 1. The molecule has 2 rings (SSSR count). The lowest BCUT2D eigenvalue weighted by atomic mass is 10.1. The van der Waals surface area contributed by atoms with Gasteiger partial charge in [-0.15, -0.1) is 0 Å². The Hall–Kier alpha value is -1.42. The van der Waals surface area contributed by atoms with Crippen LogP contribution in [-0.2, 0) is 16.9 Å². The summed E-state index contributed by atoms with van der Waals surface area (Å²) in [6, 6.07) is 2.43. The number of hydrogen-bond acceptors (Lipinski definition) is 3. The van der Waals surface area contributed by atoms with Crippen LogP contribution in [0.5, 0.6) is 0 Å². The van der Waals surface area contributed by atoms with Crippen molar-refractivity contribution < 1.29 is 13.2 Å². The quantitative estimate of drug-likeness (QED) is 0.738. The molecular formula is C11H10F3N3S. The second-order valence-electron chi connectivity index (χ2n) is 3.90. The Morgan fingerprint density at radius 1 is 1.44 bits per heavy atom. The van der Waals surface area contributed by atoms with Gasteiger partial charge in [-0.2, -0.15) is 22.8 Å². The number of aromatic nitrogens is 1. The van der Waals surface area contributed by atoms with Gasteiger partial charge in [0.2, 0.25) is 6.19 Å². The molecular weight excluding hydrogens is 263 g/mol. The van der Waals surface area contributed by atoms with Crippen LogP contribution in [0.3, 0.4) is 0 Å². The van der Waals surface area contributed by atoms with Gasteiger partial charge in [0.15, 0.2) is 0 Å². The van der Waals surface area contributed by atoms with Gasteiger partial charge in [-0.1, -0.05) is 16.8 Å². The Morgan fingerprint density at radius 2 is 2.22 bits per heavy atom. The summed E-state index contributed by atoms with van der Waals surface area (Å²) in [6.45, 7) is 0. The monoisotopic (exact) mass is 273 g/mol. The average molecular weight is 273 g/mol. The Kier molecular flexibility index (Phi) is 3.66. The van der Waals surface area contributed by atoms with Crippen molar-refractivity contribution >= 4 is 10.7 Å². The first kappa shape index (κ1) is 13.0. The lowest BCUT2D eigenvalue weighted by Crippen LogP contribution is -2.09. The van der Waals surface area contributed by atoms with E-state index in [2.05, 4.69) is 9.35 Å². The molecule has 0 amide bonds. The molecule has 7 heteroatoms. The van der Waals surface area contributed by atoms with E-state index in [-0.39, 0.29) is 5.25 Å². The Labute approximate surface area is 105 Å². The zero-order chi connectivity index (χ0) is 13.2. The van der Waals surface area contributed by atoms with E-state index in [1.165, 1.54) is 12.3 Å². The van der Waals surface area contributed by atoms with Crippen LogP contribution in [0.1, 0.15) is 29.3 Å². The maximum Gasteiger partial charge on any atom is 0.433 e. The minimum absolute atomic E-state index is 0.0411. The number of alkyl halides is 3. The van der Waals surface area contributed by atoms with Crippen LogP contribution in [0.25, 0.3) is 0 Å². The Bertz CT molecular complexity index is 502. The Morgan fingerprint density at radius 3 is 2.78 bits per heavy atom. The second-order valence-corrected chi connectivity index (χ2v) is 5.86. The molecule has 1 aliphatic heterocycles. The van der Waals surface area contributed by atoms with Gasteiger partial charge in [0.1, 0.15) is 5.69 Å². The number of hydrogen-bond donors (Lipinski definition) is 0. The molecule has 1 aliphatic rings. The van der Waals surface area contributed by atoms with Crippen LogP contribution in [0.2, 0.25) is 0 Å². The molecule has 2 atom stereocenters. The summed E-state index contributed by atoms with van der Waals surface area (Å²) in [5.74, 6) is 0.833. The van der Waals surface area contributed by atoms with Crippen molar-refractivity contribution in [2.24, 2.45) is 4.36 Å². The lowest BCUT2D eigenvalue weighted by Gasteiger charge is -2.12. The molecule has 1 saturated heterocycles. The van der Waals surface area contributed by atoms with E-state index in [1.807, 2.05) is 0 Å². The summed E-state index contributed by atoms with van der Waals surface area (Å²) in [5.41, 5.74) is -0.149. The number of pyridine rings is 1. The summed E-state index contributed by atoms with van der Waals surface area (Å²) in [5, 5.41) is 8.61. The lowest BCUT2D eigenvalue weighted by molar-refractivity contribution is -0.141. The summed E-state index contributed by atoms with van der Waals surface area (Å²) in [7, 11) is -0.401. The SMILES string of the molecule is N#CN=S1CCCC1c1ccc(C(F)(F)F)nc1. The molecule has 1 aromatic heterocycles. The van der Waals surface area contributed by atoms with E-state index in [0.29, 0.717) is 0 Å². The van der Waals surface area contributed by atoms with Gasteiger partial charge in [0.05, 0.1) is 0 Å². The maximum absolute atomic E-state index is 12.4. The van der Waals surface area contributed by atoms with Crippen LogP contribution < -0.4 is 0 Å². The molecule has 96 valence electrons. The summed E-state index contributed by atoms with van der Waals surface area (Å²) in [4.78, 5) is 3.44. The highest BCUT2D eigenvalue weighted by Crippen LogP contribution is 2.34. The van der Waals surface area contributed by atoms with E-state index < -0.39 is 22.6 Å². The minimum Gasteiger partial charge on any atom is -0.251 e. The normalized spacial score (nSPS) is 24.1. The first-order valence-electron chi connectivity index (χ1n) is 5.35. The van der Waals surface area contributed by atoms with Crippen molar-refractivity contribution in [3.05, 3.63) is 29.6 Å². The molecule has 0 saturated carbocycles. The van der Waals surface area contributed by atoms with Crippen LogP contribution in [0.4, 0.5) is 13.2 Å². The van der Waals surface area contributed by atoms with Gasteiger partial charge < -0.3 is 0 Å². The molecule has 0 aliphatic carbocycles. The molecule has 3 nitrogen and oxygen atoms in total. The summed E-state index contributed by atoms with van der Waals surface area (Å²) >= 11 is 0. The van der Waals surface area contributed by atoms with E-state index in [4.69, 9.17) is 5.26 Å². The molecule has 0 radical (unpaired) electrons. The average Bonchev–Trinajstić information content (AvgIpc) is 2.77. The zero-order valence-electron chi connectivity index (χ0n) is 9.31. The molecule has 0 spiro atoms. The highest BCUT2D eigenvalue weighted by Gasteiger charge is 2.32. The van der Waals surface area contributed by atoms with Crippen molar-refractivity contribution in [3.63, 3.8) is 0 Å². The van der Waals surface area contributed by atoms with E-state index in [0.717, 1.165) is 30.2 Å². The van der Waals surface area contributed by atoms with Crippen LogP contribution in [0, 0.1) is 11.5 Å². The minimum atomic E-state index is -4.41. The van der Waals surface area contributed by atoms with Gasteiger partial charge in [0, 0.05) is 17.2 Å². The fourth-order valence-electron chi connectivity index (χ4n) is 1.94. The third-order valence-corrected chi connectivity index (χ3v) is 4.94. The second kappa shape index (κ2) is 5.06. The van der Waals surface area contributed by atoms with E-state index in [9.17, 15) is 13.2 Å². The number of halogens is 3. The highest BCUT2D eigenvalue weighted by atomic mass is 32.2. The summed E-state index contributed by atoms with van der Waals surface area (Å²) < 4.78 is 41.0. The van der Waals surface area contributed by atoms with Crippen LogP contribution in [0.15, 0.2) is 22.7 Å². The van der Waals surface area contributed by atoms with Crippen molar-refractivity contribution in [1.82, 2.24) is 4.98 Å². The first-order chi connectivity index (χ1) is 8.52. The Balaban J connectivity index is 2.25. The largest absolute Gasteiger partial charge is 0.433 e. The van der Waals surface area contributed by atoms with Gasteiger partial charge >= 0.3 is 6.18 Å². The molecule has 1 aromatic rings. The number of nitrogens with zero attached hydrogens (tertiary/aromatic N) is 3. The molecule has 0 bridgehead atoms. The van der Waals surface area contributed by atoms with E-state index in [1.54, 1.807) is 6.19 Å². The smallest absolute Gasteiger partial charge is 0.251 e. The third kappa shape index (κ3) is 2.70. The maximum atomic E-state index is 12.4. The molecule has 2 heterocycles. The predicted molar refractivity (Wildman–Crippen MR) is 61.5 cm³/mol. The summed E-state index contributed by atoms with van der Waals surface area (Å²) in [6.07, 6.45) is 0.421. The fourth-order valence-corrected chi connectivity index (χ4v) is 3.91. The topological polar surface area (TPSA) is 49.0 Å². The van der Waals surface area contributed by atoms with Crippen molar-refractivity contribution in [3.8, 4) is 6.19 Å². The molecule has 1 fully saturated rings. The standard InChI is InChI=1S/C11H10F3N3S/c12-11(13,14)10-4-3-8(6-16-10)9-2-1-5-18(9)17-7-15/h3-4,6,9H,1-2,5H2. The molecule has 0 aromatic carbocycles. The zero-order valence-corrected chi connectivity index (χ0v) is 10.1.